The maximum absolute atomic E-state index is 15.1. The largest absolute Gasteiger partial charge is 0.435 e. The van der Waals surface area contributed by atoms with E-state index < -0.39 is 96.4 Å². The Morgan fingerprint density at radius 1 is 0.957 bits per heavy atom. The summed E-state index contributed by atoms with van der Waals surface area (Å²) in [4.78, 5) is 25.8. The summed E-state index contributed by atoms with van der Waals surface area (Å²) in [5, 5.41) is 0. The Labute approximate surface area is 256 Å². The number of sulfone groups is 1. The van der Waals surface area contributed by atoms with Gasteiger partial charge in [-0.15, -0.1) is 0 Å². The number of hydrogen-bond acceptors (Lipinski definition) is 4. The van der Waals surface area contributed by atoms with Gasteiger partial charge in [-0.2, -0.15) is 26.3 Å². The van der Waals surface area contributed by atoms with Gasteiger partial charge in [0.15, 0.2) is 9.84 Å². The third-order valence-corrected chi connectivity index (χ3v) is 12.3. The number of nitrogens with zero attached hydrogens (tertiary/aromatic N) is 1. The molecule has 0 bridgehead atoms. The number of primary amides is 1. The third kappa shape index (κ3) is 4.57. The molecule has 5 rings (SSSR count). The van der Waals surface area contributed by atoms with E-state index in [1.165, 1.54) is 6.92 Å². The van der Waals surface area contributed by atoms with E-state index in [1.54, 1.807) is 0 Å². The average Bonchev–Trinajstić information content (AvgIpc) is 3.37. The molecule has 2 aromatic rings. The minimum atomic E-state index is -6.40. The molecule has 1 heterocycles. The molecule has 1 saturated heterocycles. The van der Waals surface area contributed by atoms with Crippen LogP contribution in [0.1, 0.15) is 53.3 Å². The highest BCUT2D eigenvalue weighted by Gasteiger charge is 2.75. The Morgan fingerprint density at radius 2 is 1.57 bits per heavy atom. The number of likely N-dealkylation sites (tertiary alicyclic amines) is 1. The van der Waals surface area contributed by atoms with Crippen molar-refractivity contribution in [1.29, 1.82) is 0 Å². The van der Waals surface area contributed by atoms with E-state index in [0.717, 1.165) is 47.4 Å². The highest BCUT2D eigenvalue weighted by Crippen LogP contribution is 2.64. The molecule has 0 radical (unpaired) electrons. The van der Waals surface area contributed by atoms with Gasteiger partial charge in [0, 0.05) is 23.1 Å². The molecular formula is C30H25F9N2O4S. The van der Waals surface area contributed by atoms with Gasteiger partial charge >= 0.3 is 18.0 Å². The van der Waals surface area contributed by atoms with Gasteiger partial charge in [0.25, 0.3) is 5.91 Å². The average molecular weight is 681 g/mol. The van der Waals surface area contributed by atoms with Crippen LogP contribution in [-0.4, -0.2) is 60.5 Å². The summed E-state index contributed by atoms with van der Waals surface area (Å²) in [6.45, 7) is 0.967. The Morgan fingerprint density at radius 3 is 2.11 bits per heavy atom. The topological polar surface area (TPSA) is 97.5 Å². The van der Waals surface area contributed by atoms with Crippen molar-refractivity contribution in [3.63, 3.8) is 0 Å². The number of amides is 2. The van der Waals surface area contributed by atoms with Gasteiger partial charge in [0.1, 0.15) is 16.4 Å². The van der Waals surface area contributed by atoms with E-state index in [0.29, 0.717) is 12.2 Å². The highest BCUT2D eigenvalue weighted by molar-refractivity contribution is 7.93. The number of hydrogen-bond donors (Lipinski definition) is 1. The zero-order chi connectivity index (χ0) is 34.3. The van der Waals surface area contributed by atoms with Gasteiger partial charge in [-0.1, -0.05) is 24.6 Å². The van der Waals surface area contributed by atoms with Crippen molar-refractivity contribution in [3.05, 3.63) is 88.5 Å². The summed E-state index contributed by atoms with van der Waals surface area (Å²) in [5.74, 6) is -3.92. The summed E-state index contributed by atoms with van der Waals surface area (Å²) in [6, 6.07) is 5.04. The maximum atomic E-state index is 15.1. The monoisotopic (exact) mass is 680 g/mol. The molecule has 16 heteroatoms. The lowest BCUT2D eigenvalue weighted by molar-refractivity contribution is -0.325. The highest BCUT2D eigenvalue weighted by atomic mass is 32.2. The van der Waals surface area contributed by atoms with E-state index >= 15 is 8.78 Å². The van der Waals surface area contributed by atoms with Crippen molar-refractivity contribution in [2.45, 2.75) is 66.3 Å². The predicted octanol–water partition coefficient (Wildman–Crippen LogP) is 6.38. The van der Waals surface area contributed by atoms with Crippen molar-refractivity contribution >= 4 is 21.7 Å². The summed E-state index contributed by atoms with van der Waals surface area (Å²) < 4.78 is 153. The molecule has 2 amide bonds. The predicted molar refractivity (Wildman–Crippen MR) is 145 cm³/mol. The Balaban J connectivity index is 1.67. The van der Waals surface area contributed by atoms with Crippen molar-refractivity contribution in [1.82, 2.24) is 4.90 Å². The van der Waals surface area contributed by atoms with Gasteiger partial charge in [-0.05, 0) is 68.1 Å². The Hall–Kier alpha value is -3.82. The number of nitrogens with two attached hydrogens (primary N) is 1. The van der Waals surface area contributed by atoms with Crippen LogP contribution in [0.2, 0.25) is 0 Å². The molecule has 2 aromatic carbocycles. The molecule has 1 aliphatic heterocycles. The summed E-state index contributed by atoms with van der Waals surface area (Å²) in [5.41, 5.74) is -5.14. The number of halogens is 9. The second-order valence-corrected chi connectivity index (χ2v) is 13.9. The fourth-order valence-corrected chi connectivity index (χ4v) is 9.92. The van der Waals surface area contributed by atoms with Gasteiger partial charge < -0.3 is 10.6 Å². The molecule has 248 valence electrons. The molecule has 0 aromatic heterocycles. The number of alkyl halides is 7. The van der Waals surface area contributed by atoms with Gasteiger partial charge in [-0.25, -0.2) is 21.6 Å². The molecule has 3 aliphatic rings. The molecule has 0 spiro atoms. The lowest BCUT2D eigenvalue weighted by atomic mass is 9.57. The normalized spacial score (nSPS) is 25.3. The van der Waals surface area contributed by atoms with Crippen LogP contribution in [-0.2, 0) is 9.84 Å². The molecule has 2 fully saturated rings. The quantitative estimate of drug-likeness (QED) is 0.293. The van der Waals surface area contributed by atoms with Crippen molar-refractivity contribution < 1.29 is 57.5 Å². The number of allylic oxidation sites excluding steroid dienone is 4. The molecule has 2 aliphatic carbocycles. The van der Waals surface area contributed by atoms with E-state index in [-0.39, 0.29) is 30.5 Å². The van der Waals surface area contributed by atoms with E-state index in [1.807, 2.05) is 0 Å². The SMILES string of the molecule is CC12CC=C(C(F)(C(F)(F)F)C(F)(F)F)C=C1CC[C@H]1N(C(=O)c3ccc(C(N)=O)cc3F)CC[C@]12S(=O)(=O)c1ccc(F)cc1. The van der Waals surface area contributed by atoms with Crippen molar-refractivity contribution in [3.8, 4) is 0 Å². The van der Waals surface area contributed by atoms with Crippen LogP contribution >= 0.6 is 0 Å². The van der Waals surface area contributed by atoms with Gasteiger partial charge in [0.2, 0.25) is 5.91 Å². The number of carbonyl (C=O) groups is 2. The van der Waals surface area contributed by atoms with Gasteiger partial charge in [0.05, 0.1) is 16.5 Å². The molecule has 2 N–H and O–H groups in total. The standard InChI is InChI=1S/C30H25F9N2O4S/c1-26-11-10-18(28(33,29(34,35)36)30(37,38)39)15-17(26)3-9-23-27(26,46(44,45)20-6-4-19(31)5-7-20)12-13-41(23)25(43)21-8-2-16(24(40)42)14-22(21)32/h2,4-8,10,14-15,23H,3,9,11-13H2,1H3,(H2,40,42)/t23-,26?,27+/m1/s1. The maximum Gasteiger partial charge on any atom is 0.435 e. The van der Waals surface area contributed by atoms with E-state index in [4.69, 9.17) is 5.73 Å². The Kier molecular flexibility index (Phi) is 7.73. The summed E-state index contributed by atoms with van der Waals surface area (Å²) >= 11 is 0. The lowest BCUT2D eigenvalue weighted by Crippen LogP contribution is -2.64. The second-order valence-electron chi connectivity index (χ2n) is 11.7. The molecule has 46 heavy (non-hydrogen) atoms. The fourth-order valence-electron chi connectivity index (χ4n) is 7.23. The minimum absolute atomic E-state index is 0.214. The first kappa shape index (κ1) is 33.5. The molecular weight excluding hydrogens is 655 g/mol. The first-order valence-corrected chi connectivity index (χ1v) is 15.3. The van der Waals surface area contributed by atoms with E-state index in [9.17, 15) is 48.7 Å². The first-order chi connectivity index (χ1) is 21.1. The number of rotatable bonds is 5. The molecule has 6 nitrogen and oxygen atoms in total. The van der Waals surface area contributed by atoms with Crippen LogP contribution in [0.4, 0.5) is 39.5 Å². The zero-order valence-electron chi connectivity index (χ0n) is 23.8. The second kappa shape index (κ2) is 10.6. The molecule has 1 unspecified atom stereocenters. The van der Waals surface area contributed by atoms with Crippen molar-refractivity contribution in [2.75, 3.05) is 6.54 Å². The lowest BCUT2D eigenvalue weighted by Gasteiger charge is -2.55. The minimum Gasteiger partial charge on any atom is -0.366 e. The smallest absolute Gasteiger partial charge is 0.366 e. The molecule has 3 atom stereocenters. The van der Waals surface area contributed by atoms with Crippen LogP contribution in [0, 0.1) is 17.0 Å². The number of benzene rings is 2. The summed E-state index contributed by atoms with van der Waals surface area (Å²) in [6.07, 6.45) is -13.9. The third-order valence-electron chi connectivity index (χ3n) is 9.56. The zero-order valence-corrected chi connectivity index (χ0v) is 24.6. The van der Waals surface area contributed by atoms with Crippen LogP contribution in [0.3, 0.4) is 0 Å². The van der Waals surface area contributed by atoms with Crippen LogP contribution in [0.25, 0.3) is 0 Å². The molecule has 1 saturated carbocycles. The van der Waals surface area contributed by atoms with Gasteiger partial charge in [-0.3, -0.25) is 9.59 Å². The number of fused-ring (bicyclic) bond motifs is 3. The van der Waals surface area contributed by atoms with Crippen LogP contribution in [0.5, 0.6) is 0 Å². The summed E-state index contributed by atoms with van der Waals surface area (Å²) in [7, 11) is -4.72. The van der Waals surface area contributed by atoms with Crippen LogP contribution in [0.15, 0.2) is 70.7 Å². The van der Waals surface area contributed by atoms with Crippen LogP contribution < -0.4 is 5.73 Å². The first-order valence-electron chi connectivity index (χ1n) is 13.8. The van der Waals surface area contributed by atoms with E-state index in [2.05, 4.69) is 0 Å². The Bertz CT molecular complexity index is 1770. The fraction of sp³-hybridized carbons (Fsp3) is 0.400. The van der Waals surface area contributed by atoms with Crippen molar-refractivity contribution in [2.24, 2.45) is 11.1 Å². The number of carbonyl (C=O) groups excluding carboxylic acids is 2.